The Balaban J connectivity index is 1.54. The van der Waals surface area contributed by atoms with E-state index >= 15 is 0 Å². The maximum Gasteiger partial charge on any atom is 0.306 e. The Labute approximate surface area is 323 Å². The van der Waals surface area contributed by atoms with Crippen LogP contribution in [-0.4, -0.2) is 57.9 Å². The lowest BCUT2D eigenvalue weighted by atomic mass is 9.85. The standard InChI is InChI=1S/C42H56N4O5S2/c1-28(2)37(22-39(47)46(7)24-35-26-52-42(45-35)29(3)4)41(49)44-34(19-32-16-12-9-13-17-32)21-38(51-30(5)6)33(18-31-14-10-8-11-15-31)20-40(48)50-25-36-23-43-27-53-36/h8-17,23,26-30,33-34,37-38H,18-22,24-25H2,1-7H3,(H,44,49)/t33-,34+,37+,38+/m1/s1. The third-order valence-corrected chi connectivity index (χ3v) is 11.2. The summed E-state index contributed by atoms with van der Waals surface area (Å²) in [4.78, 5) is 52.4. The first-order valence-electron chi connectivity index (χ1n) is 18.6. The molecule has 0 aliphatic heterocycles. The van der Waals surface area contributed by atoms with Crippen LogP contribution < -0.4 is 5.32 Å². The van der Waals surface area contributed by atoms with Crippen molar-refractivity contribution in [2.75, 3.05) is 7.05 Å². The van der Waals surface area contributed by atoms with E-state index in [0.717, 1.165) is 26.7 Å². The minimum atomic E-state index is -0.531. The third kappa shape index (κ3) is 14.1. The smallest absolute Gasteiger partial charge is 0.306 e. The SMILES string of the molecule is CC(C)O[C@@H](C[C@H](Cc1ccccc1)NC(=O)[C@@H](CC(=O)N(C)Cc1csc(C(C)C)n1)C(C)C)[C@@H](CC(=O)OCc1cncs1)Cc1ccccc1. The van der Waals surface area contributed by atoms with E-state index in [1.165, 1.54) is 11.3 Å². The number of ether oxygens (including phenoxy) is 2. The van der Waals surface area contributed by atoms with Crippen molar-refractivity contribution in [2.45, 2.75) is 111 Å². The van der Waals surface area contributed by atoms with Crippen molar-refractivity contribution >= 4 is 40.5 Å². The molecule has 0 saturated carbocycles. The lowest BCUT2D eigenvalue weighted by Gasteiger charge is -2.33. The van der Waals surface area contributed by atoms with Gasteiger partial charge in [0.25, 0.3) is 0 Å². The zero-order valence-corrected chi connectivity index (χ0v) is 33.8. The molecule has 9 nitrogen and oxygen atoms in total. The van der Waals surface area contributed by atoms with E-state index in [4.69, 9.17) is 14.5 Å². The van der Waals surface area contributed by atoms with E-state index < -0.39 is 5.92 Å². The molecule has 4 rings (SSSR count). The molecule has 0 bridgehead atoms. The maximum atomic E-state index is 14.2. The summed E-state index contributed by atoms with van der Waals surface area (Å²) in [6, 6.07) is 19.8. The molecule has 0 spiro atoms. The molecular weight excluding hydrogens is 705 g/mol. The Kier molecular flexibility index (Phi) is 16.6. The average Bonchev–Trinajstić information content (AvgIpc) is 3.82. The molecule has 0 saturated heterocycles. The third-order valence-electron chi connectivity index (χ3n) is 9.21. The van der Waals surface area contributed by atoms with Gasteiger partial charge in [0, 0.05) is 42.9 Å². The quantitative estimate of drug-likeness (QED) is 0.0852. The summed E-state index contributed by atoms with van der Waals surface area (Å²) >= 11 is 3.05. The van der Waals surface area contributed by atoms with Crippen molar-refractivity contribution in [1.82, 2.24) is 20.2 Å². The number of rotatable bonds is 21. The van der Waals surface area contributed by atoms with E-state index in [-0.39, 0.29) is 67.3 Å². The van der Waals surface area contributed by atoms with Gasteiger partial charge in [0.05, 0.1) is 46.3 Å². The van der Waals surface area contributed by atoms with E-state index in [2.05, 4.69) is 48.4 Å². The number of nitrogens with zero attached hydrogens (tertiary/aromatic N) is 3. The summed E-state index contributed by atoms with van der Waals surface area (Å²) in [5, 5.41) is 6.40. The number of amides is 2. The molecule has 4 atom stereocenters. The lowest BCUT2D eigenvalue weighted by molar-refractivity contribution is -0.148. The molecule has 53 heavy (non-hydrogen) atoms. The molecule has 0 aliphatic rings. The van der Waals surface area contributed by atoms with Crippen LogP contribution in [0.4, 0.5) is 0 Å². The zero-order valence-electron chi connectivity index (χ0n) is 32.2. The fourth-order valence-electron chi connectivity index (χ4n) is 6.35. The van der Waals surface area contributed by atoms with E-state index in [9.17, 15) is 14.4 Å². The summed E-state index contributed by atoms with van der Waals surface area (Å²) < 4.78 is 12.3. The molecular formula is C42H56N4O5S2. The van der Waals surface area contributed by atoms with Crippen LogP contribution in [-0.2, 0) is 49.9 Å². The summed E-state index contributed by atoms with van der Waals surface area (Å²) in [7, 11) is 1.77. The second-order valence-electron chi connectivity index (χ2n) is 14.8. The first-order valence-corrected chi connectivity index (χ1v) is 20.4. The van der Waals surface area contributed by atoms with Gasteiger partial charge in [0.2, 0.25) is 11.8 Å². The van der Waals surface area contributed by atoms with Gasteiger partial charge in [-0.05, 0) is 56.1 Å². The second kappa shape index (κ2) is 21.1. The first kappa shape index (κ1) is 41.8. The van der Waals surface area contributed by atoms with Crippen molar-refractivity contribution in [3.63, 3.8) is 0 Å². The molecule has 0 fully saturated rings. The molecule has 11 heteroatoms. The predicted molar refractivity (Wildman–Crippen MR) is 212 cm³/mol. The lowest BCUT2D eigenvalue weighted by Crippen LogP contribution is -2.46. The van der Waals surface area contributed by atoms with Gasteiger partial charge in [0.15, 0.2) is 0 Å². The number of benzene rings is 2. The number of hydrogen-bond donors (Lipinski definition) is 1. The first-order chi connectivity index (χ1) is 25.4. The van der Waals surface area contributed by atoms with Crippen molar-refractivity contribution < 1.29 is 23.9 Å². The molecule has 2 amide bonds. The minimum Gasteiger partial charge on any atom is -0.460 e. The molecule has 2 aromatic heterocycles. The van der Waals surface area contributed by atoms with Crippen molar-refractivity contribution in [1.29, 1.82) is 0 Å². The van der Waals surface area contributed by atoms with Gasteiger partial charge in [-0.1, -0.05) is 88.4 Å². The zero-order chi connectivity index (χ0) is 38.3. The minimum absolute atomic E-state index is 0.0709. The highest BCUT2D eigenvalue weighted by molar-refractivity contribution is 7.09. The molecule has 0 aliphatic carbocycles. The Morgan fingerprint density at radius 2 is 1.53 bits per heavy atom. The van der Waals surface area contributed by atoms with Crippen LogP contribution in [0, 0.1) is 17.8 Å². The number of nitrogens with one attached hydrogen (secondary N) is 1. The van der Waals surface area contributed by atoms with Crippen LogP contribution in [0.1, 0.15) is 93.4 Å². The van der Waals surface area contributed by atoms with Crippen molar-refractivity contribution in [2.24, 2.45) is 17.8 Å². The molecule has 2 aromatic carbocycles. The van der Waals surface area contributed by atoms with Gasteiger partial charge in [-0.15, -0.1) is 22.7 Å². The number of hydrogen-bond acceptors (Lipinski definition) is 9. The molecule has 0 unspecified atom stereocenters. The Morgan fingerprint density at radius 3 is 2.09 bits per heavy atom. The van der Waals surface area contributed by atoms with Crippen LogP contribution in [0.15, 0.2) is 77.8 Å². The number of carbonyl (C=O) groups is 3. The summed E-state index contributed by atoms with van der Waals surface area (Å²) in [6.45, 7) is 12.7. The van der Waals surface area contributed by atoms with E-state index in [1.54, 1.807) is 35.0 Å². The van der Waals surface area contributed by atoms with Crippen LogP contribution in [0.2, 0.25) is 0 Å². The highest BCUT2D eigenvalue weighted by Gasteiger charge is 2.33. The molecule has 1 N–H and O–H groups in total. The topological polar surface area (TPSA) is 111 Å². The molecule has 4 aromatic rings. The Bertz CT molecular complexity index is 1680. The maximum absolute atomic E-state index is 14.2. The van der Waals surface area contributed by atoms with Crippen molar-refractivity contribution in [3.8, 4) is 0 Å². The Hall–Kier alpha value is -3.93. The van der Waals surface area contributed by atoms with Crippen LogP contribution in [0.25, 0.3) is 0 Å². The number of esters is 1. The van der Waals surface area contributed by atoms with Gasteiger partial charge in [0.1, 0.15) is 6.61 Å². The van der Waals surface area contributed by atoms with Crippen LogP contribution in [0.3, 0.4) is 0 Å². The molecule has 286 valence electrons. The molecule has 0 radical (unpaired) electrons. The van der Waals surface area contributed by atoms with Crippen molar-refractivity contribution in [3.05, 3.63) is 104 Å². The average molecular weight is 761 g/mol. The normalized spacial score (nSPS) is 13.8. The second-order valence-corrected chi connectivity index (χ2v) is 16.6. The predicted octanol–water partition coefficient (Wildman–Crippen LogP) is 8.25. The fraction of sp³-hybridized carbons (Fsp3) is 0.500. The highest BCUT2D eigenvalue weighted by Crippen LogP contribution is 2.27. The monoisotopic (exact) mass is 760 g/mol. The van der Waals surface area contributed by atoms with E-state index in [0.29, 0.717) is 31.7 Å². The van der Waals surface area contributed by atoms with Gasteiger partial charge in [-0.2, -0.15) is 0 Å². The summed E-state index contributed by atoms with van der Waals surface area (Å²) in [5.74, 6) is -1.06. The number of carbonyl (C=O) groups excluding carboxylic acids is 3. The summed E-state index contributed by atoms with van der Waals surface area (Å²) in [6.07, 6.45) is 3.10. The van der Waals surface area contributed by atoms with Crippen LogP contribution in [0.5, 0.6) is 0 Å². The van der Waals surface area contributed by atoms with E-state index in [1.807, 2.05) is 69.5 Å². The number of aromatic nitrogens is 2. The van der Waals surface area contributed by atoms with Gasteiger partial charge in [-0.3, -0.25) is 19.4 Å². The van der Waals surface area contributed by atoms with Gasteiger partial charge < -0.3 is 19.7 Å². The summed E-state index contributed by atoms with van der Waals surface area (Å²) in [5.41, 5.74) is 4.74. The number of thiazole rings is 2. The van der Waals surface area contributed by atoms with Gasteiger partial charge >= 0.3 is 5.97 Å². The fourth-order valence-corrected chi connectivity index (χ4v) is 7.68. The Morgan fingerprint density at radius 1 is 0.868 bits per heavy atom. The van der Waals surface area contributed by atoms with Gasteiger partial charge in [-0.25, -0.2) is 4.98 Å². The van der Waals surface area contributed by atoms with Crippen LogP contribution >= 0.6 is 22.7 Å². The highest BCUT2D eigenvalue weighted by atomic mass is 32.1. The largest absolute Gasteiger partial charge is 0.460 e. The molecule has 2 heterocycles.